The Labute approximate surface area is 121 Å². The molecule has 0 aromatic heterocycles. The molecular weight excluding hydrogens is 258 g/mol. The van der Waals surface area contributed by atoms with Crippen molar-refractivity contribution in [2.75, 3.05) is 6.54 Å². The summed E-state index contributed by atoms with van der Waals surface area (Å²) in [5.41, 5.74) is 0.629. The number of rotatable bonds is 4. The molecule has 1 saturated carbocycles. The highest BCUT2D eigenvalue weighted by Gasteiger charge is 2.32. The van der Waals surface area contributed by atoms with Gasteiger partial charge in [0.05, 0.1) is 5.60 Å². The maximum Gasteiger partial charge on any atom is 0.0774 e. The monoisotopic (exact) mass is 281 g/mol. The largest absolute Gasteiger partial charge is 0.389 e. The van der Waals surface area contributed by atoms with Crippen molar-refractivity contribution in [1.82, 2.24) is 5.32 Å². The Kier molecular flexibility index (Phi) is 4.88. The van der Waals surface area contributed by atoms with Crippen LogP contribution in [0, 0.1) is 5.92 Å². The van der Waals surface area contributed by atoms with Gasteiger partial charge in [0.25, 0.3) is 0 Å². The lowest BCUT2D eigenvalue weighted by Gasteiger charge is -2.36. The first kappa shape index (κ1) is 14.8. The predicted octanol–water partition coefficient (Wildman–Crippen LogP) is 3.93. The van der Waals surface area contributed by atoms with Gasteiger partial charge in [-0.15, -0.1) is 0 Å². The second-order valence-electron chi connectivity index (χ2n) is 6.08. The van der Waals surface area contributed by atoms with Crippen LogP contribution >= 0.6 is 11.6 Å². The van der Waals surface area contributed by atoms with Gasteiger partial charge in [-0.2, -0.15) is 0 Å². The van der Waals surface area contributed by atoms with Crippen LogP contribution in [0.25, 0.3) is 0 Å². The average Bonchev–Trinajstić information content (AvgIpc) is 2.36. The quantitative estimate of drug-likeness (QED) is 0.876. The molecule has 2 nitrogen and oxygen atoms in total. The second-order valence-corrected chi connectivity index (χ2v) is 6.52. The van der Waals surface area contributed by atoms with Gasteiger partial charge in [0, 0.05) is 17.6 Å². The third-order valence-corrected chi connectivity index (χ3v) is 4.39. The van der Waals surface area contributed by atoms with Crippen LogP contribution in [0.3, 0.4) is 0 Å². The molecule has 3 unspecified atom stereocenters. The van der Waals surface area contributed by atoms with E-state index in [1.807, 2.05) is 18.2 Å². The van der Waals surface area contributed by atoms with Gasteiger partial charge in [-0.05, 0) is 43.4 Å². The summed E-state index contributed by atoms with van der Waals surface area (Å²) in [4.78, 5) is 0. The fraction of sp³-hybridized carbons (Fsp3) is 0.625. The van der Waals surface area contributed by atoms with E-state index in [2.05, 4.69) is 25.2 Å². The molecule has 3 heteroatoms. The second kappa shape index (κ2) is 6.25. The zero-order chi connectivity index (χ0) is 13.9. The topological polar surface area (TPSA) is 32.3 Å². The van der Waals surface area contributed by atoms with Gasteiger partial charge in [-0.3, -0.25) is 0 Å². The molecule has 1 aliphatic carbocycles. The number of hydrogen-bond acceptors (Lipinski definition) is 2. The Hall–Kier alpha value is -0.570. The highest BCUT2D eigenvalue weighted by molar-refractivity contribution is 6.30. The molecule has 1 aromatic carbocycles. The molecule has 0 aliphatic heterocycles. The molecule has 0 radical (unpaired) electrons. The standard InChI is InChI=1S/C16H24ClNO/c1-12-5-4-8-16(19,10-12)11-18-13(2)14-6-3-7-15(17)9-14/h3,6-7,9,12-13,18-19H,4-5,8,10-11H2,1-2H3. The van der Waals surface area contributed by atoms with Crippen molar-refractivity contribution in [3.8, 4) is 0 Å². The Bertz CT molecular complexity index is 423. The van der Waals surface area contributed by atoms with E-state index >= 15 is 0 Å². The predicted molar refractivity (Wildman–Crippen MR) is 80.5 cm³/mol. The van der Waals surface area contributed by atoms with Crippen LogP contribution in [0.15, 0.2) is 24.3 Å². The summed E-state index contributed by atoms with van der Waals surface area (Å²) in [5.74, 6) is 0.627. The minimum atomic E-state index is -0.537. The van der Waals surface area contributed by atoms with Crippen molar-refractivity contribution in [3.63, 3.8) is 0 Å². The van der Waals surface area contributed by atoms with Crippen LogP contribution in [0.1, 0.15) is 51.1 Å². The molecular formula is C16H24ClNO. The summed E-state index contributed by atoms with van der Waals surface area (Å²) in [5, 5.41) is 14.8. The molecule has 19 heavy (non-hydrogen) atoms. The van der Waals surface area contributed by atoms with Crippen molar-refractivity contribution in [3.05, 3.63) is 34.9 Å². The lowest BCUT2D eigenvalue weighted by molar-refractivity contribution is -0.0134. The molecule has 0 saturated heterocycles. The molecule has 2 rings (SSSR count). The van der Waals surface area contributed by atoms with Gasteiger partial charge in [0.15, 0.2) is 0 Å². The molecule has 3 atom stereocenters. The molecule has 1 aromatic rings. The van der Waals surface area contributed by atoms with Crippen LogP contribution in [0.5, 0.6) is 0 Å². The van der Waals surface area contributed by atoms with Crippen LogP contribution in [0.4, 0.5) is 0 Å². The smallest absolute Gasteiger partial charge is 0.0774 e. The fourth-order valence-electron chi connectivity index (χ4n) is 3.03. The van der Waals surface area contributed by atoms with E-state index in [-0.39, 0.29) is 6.04 Å². The molecule has 106 valence electrons. The van der Waals surface area contributed by atoms with Crippen molar-refractivity contribution in [2.45, 2.75) is 51.2 Å². The first-order chi connectivity index (χ1) is 8.98. The summed E-state index contributed by atoms with van der Waals surface area (Å²) < 4.78 is 0. The fourth-order valence-corrected chi connectivity index (χ4v) is 3.23. The van der Waals surface area contributed by atoms with E-state index in [4.69, 9.17) is 11.6 Å². The van der Waals surface area contributed by atoms with Crippen LogP contribution in [-0.4, -0.2) is 17.3 Å². The number of hydrogen-bond donors (Lipinski definition) is 2. The minimum Gasteiger partial charge on any atom is -0.389 e. The first-order valence-corrected chi connectivity index (χ1v) is 7.57. The summed E-state index contributed by atoms with van der Waals surface area (Å²) in [7, 11) is 0. The Morgan fingerprint density at radius 1 is 1.53 bits per heavy atom. The Balaban J connectivity index is 1.91. The maximum absolute atomic E-state index is 10.6. The van der Waals surface area contributed by atoms with Gasteiger partial charge in [-0.25, -0.2) is 0 Å². The molecule has 0 amide bonds. The average molecular weight is 282 g/mol. The number of aliphatic hydroxyl groups is 1. The zero-order valence-corrected chi connectivity index (χ0v) is 12.6. The van der Waals surface area contributed by atoms with Crippen molar-refractivity contribution >= 4 is 11.6 Å². The summed E-state index contributed by atoms with van der Waals surface area (Å²) in [6, 6.07) is 8.10. The third-order valence-electron chi connectivity index (χ3n) is 4.15. The normalized spacial score (nSPS) is 29.2. The van der Waals surface area contributed by atoms with Crippen molar-refractivity contribution < 1.29 is 5.11 Å². The maximum atomic E-state index is 10.6. The highest BCUT2D eigenvalue weighted by Crippen LogP contribution is 2.32. The summed E-state index contributed by atoms with van der Waals surface area (Å²) in [6.07, 6.45) is 4.19. The highest BCUT2D eigenvalue weighted by atomic mass is 35.5. The number of benzene rings is 1. The molecule has 2 N–H and O–H groups in total. The zero-order valence-electron chi connectivity index (χ0n) is 11.8. The first-order valence-electron chi connectivity index (χ1n) is 7.20. The van der Waals surface area contributed by atoms with Gasteiger partial charge in [0.2, 0.25) is 0 Å². The van der Waals surface area contributed by atoms with E-state index in [0.717, 1.165) is 24.3 Å². The van der Waals surface area contributed by atoms with Crippen LogP contribution in [-0.2, 0) is 0 Å². The Morgan fingerprint density at radius 3 is 3.00 bits per heavy atom. The van der Waals surface area contributed by atoms with Gasteiger partial charge < -0.3 is 10.4 Å². The van der Waals surface area contributed by atoms with E-state index < -0.39 is 5.60 Å². The van der Waals surface area contributed by atoms with Gasteiger partial charge >= 0.3 is 0 Å². The molecule has 1 fully saturated rings. The number of nitrogens with one attached hydrogen (secondary N) is 1. The van der Waals surface area contributed by atoms with Crippen LogP contribution in [0.2, 0.25) is 5.02 Å². The molecule has 0 bridgehead atoms. The molecule has 0 heterocycles. The van der Waals surface area contributed by atoms with E-state index in [1.54, 1.807) is 0 Å². The number of halogens is 1. The van der Waals surface area contributed by atoms with E-state index in [0.29, 0.717) is 12.5 Å². The van der Waals surface area contributed by atoms with Crippen LogP contribution < -0.4 is 5.32 Å². The SMILES string of the molecule is CC1CCCC(O)(CNC(C)c2cccc(Cl)c2)C1. The summed E-state index contributed by atoms with van der Waals surface area (Å²) in [6.45, 7) is 5.00. The molecule has 1 aliphatic rings. The van der Waals surface area contributed by atoms with Gasteiger partial charge in [0.1, 0.15) is 0 Å². The van der Waals surface area contributed by atoms with Gasteiger partial charge in [-0.1, -0.05) is 43.5 Å². The van der Waals surface area contributed by atoms with Crippen molar-refractivity contribution in [1.29, 1.82) is 0 Å². The summed E-state index contributed by atoms with van der Waals surface area (Å²) >= 11 is 6.01. The minimum absolute atomic E-state index is 0.208. The van der Waals surface area contributed by atoms with E-state index in [1.165, 1.54) is 12.0 Å². The van der Waals surface area contributed by atoms with E-state index in [9.17, 15) is 5.11 Å². The van der Waals surface area contributed by atoms with Crippen molar-refractivity contribution in [2.24, 2.45) is 5.92 Å². The lowest BCUT2D eigenvalue weighted by Crippen LogP contribution is -2.44. The Morgan fingerprint density at radius 2 is 2.32 bits per heavy atom. The lowest BCUT2D eigenvalue weighted by atomic mass is 9.79. The molecule has 0 spiro atoms. The third kappa shape index (κ3) is 4.20.